The van der Waals surface area contributed by atoms with Gasteiger partial charge in [0.05, 0.1) is 4.92 Å². The quantitative estimate of drug-likeness (QED) is 0.0781. The van der Waals surface area contributed by atoms with E-state index in [0.29, 0.717) is 28.9 Å². The van der Waals surface area contributed by atoms with Crippen LogP contribution in [0.25, 0.3) is 0 Å². The molecule has 0 saturated carbocycles. The molecule has 3 aromatic carbocycles. The molecule has 0 aliphatic rings. The highest BCUT2D eigenvalue weighted by Gasteiger charge is 2.27. The molecule has 0 bridgehead atoms. The molecule has 4 N–H and O–H groups in total. The van der Waals surface area contributed by atoms with Crippen LogP contribution in [-0.2, 0) is 25.7 Å². The Morgan fingerprint density at radius 3 is 1.88 bits per heavy atom. The zero-order chi connectivity index (χ0) is 35.8. The molecule has 0 saturated heterocycles. The number of anilines is 2. The van der Waals surface area contributed by atoms with Crippen molar-refractivity contribution in [3.8, 4) is 5.75 Å². The van der Waals surface area contributed by atoms with E-state index in [0.717, 1.165) is 0 Å². The van der Waals surface area contributed by atoms with Gasteiger partial charge in [-0.15, -0.1) is 0 Å². The molecule has 0 aliphatic carbocycles. The third kappa shape index (κ3) is 12.2. The Morgan fingerprint density at radius 1 is 0.771 bits per heavy atom. The number of hydrogen-bond acceptors (Lipinski definition) is 9. The van der Waals surface area contributed by atoms with Gasteiger partial charge in [0.2, 0.25) is 17.7 Å². The largest absolute Gasteiger partial charge is 0.514 e. The summed E-state index contributed by atoms with van der Waals surface area (Å²) in [4.78, 5) is 72.3. The molecule has 0 heterocycles. The number of amides is 4. The van der Waals surface area contributed by atoms with Crippen molar-refractivity contribution >= 4 is 46.8 Å². The Balaban J connectivity index is 0.00000392. The van der Waals surface area contributed by atoms with Crippen LogP contribution in [0, 0.1) is 16.0 Å². The molecule has 3 rings (SSSR count). The number of carbonyl (C=O) groups is 5. The highest BCUT2D eigenvalue weighted by atomic mass is 16.7. The van der Waals surface area contributed by atoms with Crippen LogP contribution < -0.4 is 26.0 Å². The molecule has 14 nitrogen and oxygen atoms in total. The van der Waals surface area contributed by atoms with E-state index in [9.17, 15) is 34.1 Å². The van der Waals surface area contributed by atoms with Gasteiger partial charge in [-0.2, -0.15) is 0 Å². The van der Waals surface area contributed by atoms with E-state index < -0.39 is 40.9 Å². The number of nitro benzene ring substituents is 1. The lowest BCUT2D eigenvalue weighted by atomic mass is 10.0. The Bertz CT molecular complexity index is 1560. The number of nitrogens with one attached hydrogen (secondary N) is 4. The summed E-state index contributed by atoms with van der Waals surface area (Å²) >= 11 is 0. The van der Waals surface area contributed by atoms with Crippen molar-refractivity contribution in [3.63, 3.8) is 0 Å². The fourth-order valence-corrected chi connectivity index (χ4v) is 3.92. The molecular formula is C34H41N5O9. The minimum Gasteiger partial charge on any atom is -0.429 e. The van der Waals surface area contributed by atoms with E-state index >= 15 is 0 Å². The average Bonchev–Trinajstić information content (AvgIpc) is 3.07. The summed E-state index contributed by atoms with van der Waals surface area (Å²) < 4.78 is 10.0. The fraction of sp³-hybridized carbons (Fsp3) is 0.324. The molecule has 0 spiro atoms. The van der Waals surface area contributed by atoms with Crippen molar-refractivity contribution in [1.82, 2.24) is 10.6 Å². The van der Waals surface area contributed by atoms with Gasteiger partial charge in [-0.05, 0) is 66.9 Å². The highest BCUT2D eigenvalue weighted by molar-refractivity contribution is 6.00. The van der Waals surface area contributed by atoms with Crippen LogP contribution >= 0.6 is 0 Å². The van der Waals surface area contributed by atoms with Crippen molar-refractivity contribution in [2.45, 2.75) is 66.7 Å². The van der Waals surface area contributed by atoms with Crippen LogP contribution in [0.15, 0.2) is 72.8 Å². The van der Waals surface area contributed by atoms with Crippen LogP contribution in [0.5, 0.6) is 5.75 Å². The molecule has 1 unspecified atom stereocenters. The molecule has 14 heteroatoms. The SMILES string of the molecule is CC.CCC(=O)Nc1ccc(C(=O)N[C@H](C(=O)NC(C)C(=O)Nc2ccc(COC(=O)Oc3ccc([N+](=O)[O-])cc3)cc2)C(C)C)cc1. The smallest absolute Gasteiger partial charge is 0.429 e. The van der Waals surface area contributed by atoms with E-state index in [1.165, 1.54) is 43.3 Å². The van der Waals surface area contributed by atoms with Gasteiger partial charge >= 0.3 is 6.16 Å². The van der Waals surface area contributed by atoms with Gasteiger partial charge in [0, 0.05) is 35.5 Å². The van der Waals surface area contributed by atoms with Crippen LogP contribution in [-0.4, -0.2) is 46.8 Å². The van der Waals surface area contributed by atoms with Crippen LogP contribution in [0.3, 0.4) is 0 Å². The van der Waals surface area contributed by atoms with Gasteiger partial charge in [-0.3, -0.25) is 29.3 Å². The number of carbonyl (C=O) groups excluding carboxylic acids is 5. The van der Waals surface area contributed by atoms with Gasteiger partial charge in [-0.25, -0.2) is 4.79 Å². The minimum absolute atomic E-state index is 0.0851. The van der Waals surface area contributed by atoms with Crippen LogP contribution in [0.2, 0.25) is 0 Å². The molecule has 0 fully saturated rings. The van der Waals surface area contributed by atoms with Crippen molar-refractivity contribution in [3.05, 3.63) is 94.0 Å². The number of rotatable bonds is 13. The Hall–Kier alpha value is -5.79. The molecular weight excluding hydrogens is 622 g/mol. The van der Waals surface area contributed by atoms with Gasteiger partial charge < -0.3 is 30.7 Å². The first-order valence-corrected chi connectivity index (χ1v) is 15.4. The summed E-state index contributed by atoms with van der Waals surface area (Å²) in [5.74, 6) is -1.88. The maximum atomic E-state index is 13.0. The van der Waals surface area contributed by atoms with Gasteiger partial charge in [0.25, 0.3) is 11.6 Å². The number of hydrogen-bond donors (Lipinski definition) is 4. The van der Waals surface area contributed by atoms with Crippen LogP contribution in [0.1, 0.15) is 63.9 Å². The zero-order valence-corrected chi connectivity index (χ0v) is 27.7. The molecule has 0 aliphatic heterocycles. The molecule has 0 aromatic heterocycles. The Labute approximate surface area is 278 Å². The first-order valence-electron chi connectivity index (χ1n) is 15.4. The highest BCUT2D eigenvalue weighted by Crippen LogP contribution is 2.18. The standard InChI is InChI=1S/C32H35N5O9.C2H6/c1-5-27(38)34-23-12-8-22(9-13-23)30(40)36-28(19(2)3)31(41)33-20(4)29(39)35-24-10-6-21(7-11-24)18-45-32(42)46-26-16-14-25(15-17-26)37(43)44;1-2/h6-17,19-20,28H,5,18H2,1-4H3,(H,33,41)(H,34,38)(H,35,39)(H,36,40);1-2H3/t20?,28-;/m0./s1. The molecule has 256 valence electrons. The van der Waals surface area contributed by atoms with E-state index in [1.54, 1.807) is 57.2 Å². The monoisotopic (exact) mass is 663 g/mol. The number of ether oxygens (including phenoxy) is 2. The second-order valence-corrected chi connectivity index (χ2v) is 10.5. The fourth-order valence-electron chi connectivity index (χ4n) is 3.92. The third-order valence-corrected chi connectivity index (χ3v) is 6.57. The second kappa shape index (κ2) is 19.0. The van der Waals surface area contributed by atoms with Crippen molar-refractivity contribution in [1.29, 1.82) is 0 Å². The predicted molar refractivity (Wildman–Crippen MR) is 179 cm³/mol. The number of benzene rings is 3. The normalized spacial score (nSPS) is 11.5. The maximum Gasteiger partial charge on any atom is 0.514 e. The third-order valence-electron chi connectivity index (χ3n) is 6.57. The predicted octanol–water partition coefficient (Wildman–Crippen LogP) is 5.58. The maximum absolute atomic E-state index is 13.0. The molecule has 4 amide bonds. The molecule has 48 heavy (non-hydrogen) atoms. The lowest BCUT2D eigenvalue weighted by Gasteiger charge is -2.24. The van der Waals surface area contributed by atoms with Gasteiger partial charge in [-0.1, -0.05) is 46.8 Å². The summed E-state index contributed by atoms with van der Waals surface area (Å²) in [6, 6.07) is 15.8. The molecule has 3 aromatic rings. The minimum atomic E-state index is -0.998. The topological polar surface area (TPSA) is 195 Å². The van der Waals surface area contributed by atoms with E-state index in [4.69, 9.17) is 9.47 Å². The van der Waals surface area contributed by atoms with Crippen molar-refractivity contribution < 1.29 is 38.4 Å². The van der Waals surface area contributed by atoms with Crippen molar-refractivity contribution in [2.75, 3.05) is 10.6 Å². The Kier molecular flexibility index (Phi) is 15.2. The molecule has 2 atom stereocenters. The first kappa shape index (κ1) is 38.4. The summed E-state index contributed by atoms with van der Waals surface area (Å²) in [7, 11) is 0. The van der Waals surface area contributed by atoms with Crippen molar-refractivity contribution in [2.24, 2.45) is 5.92 Å². The number of nitro groups is 1. The van der Waals surface area contributed by atoms with E-state index in [-0.39, 0.29) is 29.9 Å². The summed E-state index contributed by atoms with van der Waals surface area (Å²) in [6.07, 6.45) is -0.677. The number of non-ortho nitro benzene ring substituents is 1. The van der Waals surface area contributed by atoms with E-state index in [2.05, 4.69) is 21.3 Å². The average molecular weight is 664 g/mol. The van der Waals surface area contributed by atoms with Gasteiger partial charge in [0.15, 0.2) is 0 Å². The van der Waals surface area contributed by atoms with Crippen LogP contribution in [0.4, 0.5) is 21.9 Å². The Morgan fingerprint density at radius 2 is 1.33 bits per heavy atom. The summed E-state index contributed by atoms with van der Waals surface area (Å²) in [5, 5.41) is 21.4. The van der Waals surface area contributed by atoms with E-state index in [1.807, 2.05) is 13.8 Å². The summed E-state index contributed by atoms with van der Waals surface area (Å²) in [6.45, 7) is 10.6. The number of nitrogens with zero attached hydrogens (tertiary/aromatic N) is 1. The first-order chi connectivity index (χ1) is 22.9. The summed E-state index contributed by atoms with van der Waals surface area (Å²) in [5.41, 5.74) is 1.72. The lowest BCUT2D eigenvalue weighted by molar-refractivity contribution is -0.384. The van der Waals surface area contributed by atoms with Gasteiger partial charge in [0.1, 0.15) is 24.4 Å². The molecule has 0 radical (unpaired) electrons. The second-order valence-electron chi connectivity index (χ2n) is 10.5. The zero-order valence-electron chi connectivity index (χ0n) is 27.7. The lowest BCUT2D eigenvalue weighted by Crippen LogP contribution is -2.53.